The van der Waals surface area contributed by atoms with Gasteiger partial charge >= 0.3 is 0 Å². The first-order chi connectivity index (χ1) is 12.8. The van der Waals surface area contributed by atoms with Gasteiger partial charge in [-0.25, -0.2) is 0 Å². The second-order valence-corrected chi connectivity index (χ2v) is 8.20. The first-order valence-electron chi connectivity index (χ1n) is 8.67. The Kier molecular flexibility index (Phi) is 4.18. The number of fused-ring (bicyclic) bond motifs is 4. The minimum Gasteiger partial charge on any atom is -0.497 e. The van der Waals surface area contributed by atoms with E-state index in [0.29, 0.717) is 28.1 Å². The number of aromatic nitrogens is 1. The number of ketones is 1. The van der Waals surface area contributed by atoms with E-state index in [1.54, 1.807) is 23.8 Å². The fourth-order valence-electron chi connectivity index (χ4n) is 4.15. The molecule has 4 rings (SSSR count). The number of rotatable bonds is 3. The zero-order valence-electron chi connectivity index (χ0n) is 15.3. The van der Waals surface area contributed by atoms with Crippen LogP contribution in [-0.2, 0) is 5.41 Å². The predicted molar refractivity (Wildman–Crippen MR) is 107 cm³/mol. The molecule has 3 aromatic rings. The summed E-state index contributed by atoms with van der Waals surface area (Å²) in [5.41, 5.74) is 2.88. The molecule has 0 spiro atoms. The molecule has 5 nitrogen and oxygen atoms in total. The highest BCUT2D eigenvalue weighted by atomic mass is 79.9. The minimum absolute atomic E-state index is 0.0850. The second kappa shape index (κ2) is 6.19. The molecule has 27 heavy (non-hydrogen) atoms. The summed E-state index contributed by atoms with van der Waals surface area (Å²) in [5, 5.41) is 21.0. The maximum Gasteiger partial charge on any atom is 0.195 e. The predicted octanol–water partition coefficient (Wildman–Crippen LogP) is 3.77. The third-order valence-electron chi connectivity index (χ3n) is 5.39. The molecule has 1 heterocycles. The quantitative estimate of drug-likeness (QED) is 0.664. The lowest BCUT2D eigenvalue weighted by atomic mass is 9.71. The van der Waals surface area contributed by atoms with E-state index in [9.17, 15) is 15.0 Å². The van der Waals surface area contributed by atoms with Gasteiger partial charge in [0.15, 0.2) is 12.0 Å². The third kappa shape index (κ3) is 2.47. The molecule has 0 fully saturated rings. The molecule has 2 aromatic carbocycles. The summed E-state index contributed by atoms with van der Waals surface area (Å²) in [6.45, 7) is 3.59. The van der Waals surface area contributed by atoms with Crippen molar-refractivity contribution in [2.45, 2.75) is 25.5 Å². The van der Waals surface area contributed by atoms with E-state index in [0.717, 1.165) is 15.4 Å². The van der Waals surface area contributed by atoms with Gasteiger partial charge in [0.05, 0.1) is 24.8 Å². The van der Waals surface area contributed by atoms with Gasteiger partial charge in [-0.2, -0.15) is 0 Å². The number of halogens is 1. The normalized spacial score (nSPS) is 16.1. The monoisotopic (exact) mass is 429 g/mol. The first kappa shape index (κ1) is 18.2. The number of aliphatic hydroxyl groups is 2. The molecular weight excluding hydrogens is 410 g/mol. The van der Waals surface area contributed by atoms with Crippen LogP contribution in [0, 0.1) is 0 Å². The van der Waals surface area contributed by atoms with Crippen LogP contribution in [0.4, 0.5) is 0 Å². The van der Waals surface area contributed by atoms with E-state index in [-0.39, 0.29) is 5.78 Å². The topological polar surface area (TPSA) is 71.7 Å². The Morgan fingerprint density at radius 1 is 1.22 bits per heavy atom. The number of aliphatic hydroxyl groups excluding tert-OH is 2. The lowest BCUT2D eigenvalue weighted by Crippen LogP contribution is -2.34. The van der Waals surface area contributed by atoms with Crippen molar-refractivity contribution in [3.63, 3.8) is 0 Å². The van der Waals surface area contributed by atoms with E-state index in [4.69, 9.17) is 4.74 Å². The summed E-state index contributed by atoms with van der Waals surface area (Å²) in [4.78, 5) is 13.4. The average Bonchev–Trinajstić information content (AvgIpc) is 3.00. The smallest absolute Gasteiger partial charge is 0.195 e. The van der Waals surface area contributed by atoms with Gasteiger partial charge in [-0.05, 0) is 35.9 Å². The number of hydrogen-bond donors (Lipinski definition) is 2. The summed E-state index contributed by atoms with van der Waals surface area (Å²) in [6, 6.07) is 11.1. The first-order valence-corrected chi connectivity index (χ1v) is 9.46. The maximum absolute atomic E-state index is 13.4. The number of benzene rings is 2. The molecular formula is C21H20BrNO4. The second-order valence-electron chi connectivity index (χ2n) is 7.28. The van der Waals surface area contributed by atoms with Gasteiger partial charge in [0.25, 0.3) is 0 Å². The molecule has 0 amide bonds. The van der Waals surface area contributed by atoms with E-state index >= 15 is 0 Å². The van der Waals surface area contributed by atoms with Crippen LogP contribution in [0.5, 0.6) is 5.75 Å². The van der Waals surface area contributed by atoms with Crippen molar-refractivity contribution in [1.29, 1.82) is 0 Å². The molecule has 0 radical (unpaired) electrons. The van der Waals surface area contributed by atoms with Crippen molar-refractivity contribution in [3.8, 4) is 5.75 Å². The molecule has 2 N–H and O–H groups in total. The van der Waals surface area contributed by atoms with Crippen LogP contribution in [0.2, 0.25) is 0 Å². The van der Waals surface area contributed by atoms with Gasteiger partial charge in [-0.15, -0.1) is 0 Å². The van der Waals surface area contributed by atoms with E-state index in [2.05, 4.69) is 15.9 Å². The molecule has 1 aliphatic carbocycles. The average molecular weight is 430 g/mol. The van der Waals surface area contributed by atoms with Crippen LogP contribution in [-0.4, -0.2) is 34.3 Å². The number of nitrogens with zero attached hydrogens (tertiary/aromatic N) is 1. The van der Waals surface area contributed by atoms with Crippen LogP contribution < -0.4 is 4.74 Å². The van der Waals surface area contributed by atoms with Crippen molar-refractivity contribution in [2.75, 3.05) is 13.7 Å². The fraction of sp³-hybridized carbons (Fsp3) is 0.286. The summed E-state index contributed by atoms with van der Waals surface area (Å²) in [5.74, 6) is 0.587. The van der Waals surface area contributed by atoms with Gasteiger partial charge in [0, 0.05) is 26.5 Å². The fourth-order valence-corrected chi connectivity index (χ4v) is 4.50. The summed E-state index contributed by atoms with van der Waals surface area (Å²) in [6.07, 6.45) is -1.15. The van der Waals surface area contributed by atoms with Gasteiger partial charge in [-0.1, -0.05) is 35.8 Å². The van der Waals surface area contributed by atoms with Gasteiger partial charge in [-0.3, -0.25) is 4.79 Å². The van der Waals surface area contributed by atoms with Crippen LogP contribution in [0.3, 0.4) is 0 Å². The molecule has 0 aliphatic heterocycles. The van der Waals surface area contributed by atoms with Gasteiger partial charge in [0.1, 0.15) is 5.75 Å². The highest BCUT2D eigenvalue weighted by Crippen LogP contribution is 2.47. The molecule has 0 unspecified atom stereocenters. The number of hydrogen-bond acceptors (Lipinski definition) is 4. The van der Waals surface area contributed by atoms with E-state index in [1.807, 2.05) is 38.1 Å². The lowest BCUT2D eigenvalue weighted by molar-refractivity contribution is 0.0389. The van der Waals surface area contributed by atoms with Gasteiger partial charge in [0.2, 0.25) is 0 Å². The van der Waals surface area contributed by atoms with E-state index in [1.165, 1.54) is 0 Å². The third-order valence-corrected chi connectivity index (χ3v) is 5.88. The Bertz CT molecular complexity index is 1080. The SMILES string of the molecule is COc1ccc2c(c1)C(C)(C)c1c(c3ccc(Br)cc3n1[C@@H](O)CO)C2=O. The molecule has 0 saturated carbocycles. The molecule has 1 aromatic heterocycles. The highest BCUT2D eigenvalue weighted by molar-refractivity contribution is 9.10. The van der Waals surface area contributed by atoms with Crippen molar-refractivity contribution in [1.82, 2.24) is 4.57 Å². The number of carbonyl (C=O) groups excluding carboxylic acids is 1. The highest BCUT2D eigenvalue weighted by Gasteiger charge is 2.42. The Balaban J connectivity index is 2.15. The molecule has 1 atom stereocenters. The molecule has 0 bridgehead atoms. The largest absolute Gasteiger partial charge is 0.497 e. The zero-order chi connectivity index (χ0) is 19.5. The lowest BCUT2D eigenvalue weighted by Gasteiger charge is -2.35. The molecule has 140 valence electrons. The van der Waals surface area contributed by atoms with Crippen molar-refractivity contribution in [3.05, 3.63) is 63.3 Å². The summed E-state index contributed by atoms with van der Waals surface area (Å²) >= 11 is 3.46. The van der Waals surface area contributed by atoms with Crippen molar-refractivity contribution < 1.29 is 19.7 Å². The van der Waals surface area contributed by atoms with E-state index < -0.39 is 18.2 Å². The van der Waals surface area contributed by atoms with Gasteiger partial charge < -0.3 is 19.5 Å². The number of ether oxygens (including phenoxy) is 1. The Labute approximate surface area is 165 Å². The van der Waals surface area contributed by atoms with Crippen molar-refractivity contribution >= 4 is 32.6 Å². The summed E-state index contributed by atoms with van der Waals surface area (Å²) < 4.78 is 7.87. The Hall–Kier alpha value is -2.15. The van der Waals surface area contributed by atoms with Crippen LogP contribution in [0.1, 0.15) is 47.3 Å². The number of carbonyl (C=O) groups is 1. The molecule has 6 heteroatoms. The molecule has 0 saturated heterocycles. The summed E-state index contributed by atoms with van der Waals surface area (Å²) in [7, 11) is 1.59. The molecule has 1 aliphatic rings. The maximum atomic E-state index is 13.4. The Morgan fingerprint density at radius 2 is 1.96 bits per heavy atom. The van der Waals surface area contributed by atoms with Crippen LogP contribution >= 0.6 is 15.9 Å². The standard InChI is InChI=1S/C21H20BrNO4/c1-21(2)15-9-12(27-3)5-7-13(15)19(26)18-14-6-4-11(22)8-16(14)23(20(18)21)17(25)10-24/h4-9,17,24-25H,10H2,1-3H3/t17-/m0/s1. The van der Waals surface area contributed by atoms with Crippen LogP contribution in [0.15, 0.2) is 40.9 Å². The zero-order valence-corrected chi connectivity index (χ0v) is 16.9. The number of methoxy groups -OCH3 is 1. The minimum atomic E-state index is -1.15. The van der Waals surface area contributed by atoms with Crippen molar-refractivity contribution in [2.24, 2.45) is 0 Å². The Morgan fingerprint density at radius 3 is 2.63 bits per heavy atom. The van der Waals surface area contributed by atoms with Crippen LogP contribution in [0.25, 0.3) is 10.9 Å².